The molecule has 1 N–H and O–H groups in total. The maximum Gasteiger partial charge on any atom is 0.255 e. The maximum atomic E-state index is 12.3. The van der Waals surface area contributed by atoms with Crippen LogP contribution in [0.15, 0.2) is 58.8 Å². The van der Waals surface area contributed by atoms with Crippen LogP contribution in [0.25, 0.3) is 11.3 Å². The van der Waals surface area contributed by atoms with E-state index < -0.39 is 9.84 Å². The molecule has 25 heavy (non-hydrogen) atoms. The van der Waals surface area contributed by atoms with Crippen LogP contribution >= 0.6 is 11.3 Å². The van der Waals surface area contributed by atoms with Gasteiger partial charge in [0.25, 0.3) is 5.91 Å². The highest BCUT2D eigenvalue weighted by Crippen LogP contribution is 2.23. The van der Waals surface area contributed by atoms with Gasteiger partial charge in [-0.05, 0) is 43.3 Å². The van der Waals surface area contributed by atoms with Crippen LogP contribution < -0.4 is 5.32 Å². The molecule has 0 saturated carbocycles. The van der Waals surface area contributed by atoms with Gasteiger partial charge in [-0.3, -0.25) is 4.79 Å². The minimum absolute atomic E-state index is 0.187. The molecule has 5 nitrogen and oxygen atoms in total. The highest BCUT2D eigenvalue weighted by atomic mass is 32.2. The number of nitrogens with zero attached hydrogens (tertiary/aromatic N) is 1. The molecule has 0 radical (unpaired) electrons. The predicted octanol–water partition coefficient (Wildman–Crippen LogP) is 3.77. The molecule has 3 rings (SSSR count). The largest absolute Gasteiger partial charge is 0.322 e. The first-order valence-corrected chi connectivity index (χ1v) is 10.2. The Morgan fingerprint density at radius 1 is 1.04 bits per heavy atom. The fourth-order valence-electron chi connectivity index (χ4n) is 2.28. The van der Waals surface area contributed by atoms with E-state index in [1.54, 1.807) is 11.3 Å². The monoisotopic (exact) mass is 372 g/mol. The third kappa shape index (κ3) is 4.12. The number of sulfone groups is 1. The van der Waals surface area contributed by atoms with E-state index in [4.69, 9.17) is 0 Å². The summed E-state index contributed by atoms with van der Waals surface area (Å²) >= 11 is 1.59. The third-order valence-corrected chi connectivity index (χ3v) is 5.50. The van der Waals surface area contributed by atoms with Crippen LogP contribution in [0, 0.1) is 6.92 Å². The van der Waals surface area contributed by atoms with E-state index in [0.29, 0.717) is 11.3 Å². The number of hydrogen-bond donors (Lipinski definition) is 1. The third-order valence-electron chi connectivity index (χ3n) is 3.60. The van der Waals surface area contributed by atoms with Crippen LogP contribution in [-0.4, -0.2) is 25.6 Å². The molecule has 3 aromatic rings. The molecule has 1 aromatic heterocycles. The summed E-state index contributed by atoms with van der Waals surface area (Å²) in [7, 11) is -3.27. The fourth-order valence-corrected chi connectivity index (χ4v) is 3.53. The van der Waals surface area contributed by atoms with Crippen LogP contribution in [-0.2, 0) is 9.84 Å². The summed E-state index contributed by atoms with van der Waals surface area (Å²) in [5.74, 6) is -0.294. The Labute approximate surface area is 150 Å². The quantitative estimate of drug-likeness (QED) is 0.756. The van der Waals surface area contributed by atoms with Gasteiger partial charge < -0.3 is 5.32 Å². The van der Waals surface area contributed by atoms with E-state index in [1.807, 2.05) is 36.6 Å². The zero-order chi connectivity index (χ0) is 18.0. The lowest BCUT2D eigenvalue weighted by Gasteiger charge is -2.07. The molecule has 0 bridgehead atoms. The molecular weight excluding hydrogens is 356 g/mol. The molecule has 0 saturated heterocycles. The Bertz CT molecular complexity index is 1010. The van der Waals surface area contributed by atoms with Crippen molar-refractivity contribution in [2.75, 3.05) is 11.6 Å². The van der Waals surface area contributed by atoms with Crippen molar-refractivity contribution in [3.63, 3.8) is 0 Å². The number of rotatable bonds is 4. The predicted molar refractivity (Wildman–Crippen MR) is 99.8 cm³/mol. The number of hydrogen-bond acceptors (Lipinski definition) is 5. The van der Waals surface area contributed by atoms with Gasteiger partial charge in [-0.25, -0.2) is 13.4 Å². The zero-order valence-corrected chi connectivity index (χ0v) is 15.3. The highest BCUT2D eigenvalue weighted by Gasteiger charge is 2.10. The maximum absolute atomic E-state index is 12.3. The first-order valence-electron chi connectivity index (χ1n) is 7.47. The van der Waals surface area contributed by atoms with Gasteiger partial charge in [0.15, 0.2) is 9.84 Å². The minimum atomic E-state index is -3.27. The smallest absolute Gasteiger partial charge is 0.255 e. The number of benzene rings is 2. The van der Waals surface area contributed by atoms with E-state index in [0.717, 1.165) is 22.5 Å². The Hall–Kier alpha value is -2.51. The van der Waals surface area contributed by atoms with Gasteiger partial charge in [0.05, 0.1) is 15.6 Å². The lowest BCUT2D eigenvalue weighted by molar-refractivity contribution is 0.102. The van der Waals surface area contributed by atoms with Crippen molar-refractivity contribution in [3.8, 4) is 11.3 Å². The standard InChI is InChI=1S/C18H16N2O3S2/c1-12-19-17(11-24-12)13-3-7-15(8-4-13)20-18(21)14-5-9-16(10-6-14)25(2,22)23/h3-11H,1-2H3,(H,20,21). The molecule has 2 aromatic carbocycles. The van der Waals surface area contributed by atoms with Crippen molar-refractivity contribution in [1.29, 1.82) is 0 Å². The number of nitrogens with one attached hydrogen (secondary N) is 1. The average Bonchev–Trinajstić information content (AvgIpc) is 3.01. The van der Waals surface area contributed by atoms with Crippen LogP contribution in [0.5, 0.6) is 0 Å². The number of carbonyl (C=O) groups is 1. The van der Waals surface area contributed by atoms with E-state index in [1.165, 1.54) is 24.3 Å². The van der Waals surface area contributed by atoms with Gasteiger partial charge in [-0.15, -0.1) is 11.3 Å². The summed E-state index contributed by atoms with van der Waals surface area (Å²) in [6, 6.07) is 13.3. The molecule has 1 heterocycles. The number of carbonyl (C=O) groups excluding carboxylic acids is 1. The van der Waals surface area contributed by atoms with Crippen molar-refractivity contribution in [3.05, 3.63) is 64.5 Å². The summed E-state index contributed by atoms with van der Waals surface area (Å²) in [6.45, 7) is 1.96. The van der Waals surface area contributed by atoms with Gasteiger partial charge in [0, 0.05) is 28.5 Å². The van der Waals surface area contributed by atoms with Gasteiger partial charge in [0.2, 0.25) is 0 Å². The Morgan fingerprint density at radius 3 is 2.20 bits per heavy atom. The van der Waals surface area contributed by atoms with Gasteiger partial charge in [-0.2, -0.15) is 0 Å². The normalized spacial score (nSPS) is 11.3. The molecule has 0 fully saturated rings. The number of thiazole rings is 1. The Kier molecular flexibility index (Phi) is 4.69. The number of anilines is 1. The topological polar surface area (TPSA) is 76.1 Å². The van der Waals surface area contributed by atoms with E-state index in [9.17, 15) is 13.2 Å². The Morgan fingerprint density at radius 2 is 1.68 bits per heavy atom. The van der Waals surface area contributed by atoms with Crippen LogP contribution in [0.2, 0.25) is 0 Å². The zero-order valence-electron chi connectivity index (χ0n) is 13.7. The molecule has 1 amide bonds. The molecule has 0 atom stereocenters. The van der Waals surface area contributed by atoms with Crippen molar-refractivity contribution < 1.29 is 13.2 Å². The summed E-state index contributed by atoms with van der Waals surface area (Å²) in [5.41, 5.74) is 2.95. The molecule has 0 aliphatic rings. The first-order chi connectivity index (χ1) is 11.8. The fraction of sp³-hybridized carbons (Fsp3) is 0.111. The second-order valence-electron chi connectivity index (χ2n) is 5.58. The lowest BCUT2D eigenvalue weighted by atomic mass is 10.1. The number of amides is 1. The second kappa shape index (κ2) is 6.78. The number of aryl methyl sites for hydroxylation is 1. The SMILES string of the molecule is Cc1nc(-c2ccc(NC(=O)c3ccc(S(C)(=O)=O)cc3)cc2)cs1. The van der Waals surface area contributed by atoms with Crippen molar-refractivity contribution in [1.82, 2.24) is 4.98 Å². The lowest BCUT2D eigenvalue weighted by Crippen LogP contribution is -2.12. The summed E-state index contributed by atoms with van der Waals surface area (Å²) in [6.07, 6.45) is 1.13. The number of aromatic nitrogens is 1. The van der Waals surface area contributed by atoms with Gasteiger partial charge >= 0.3 is 0 Å². The van der Waals surface area contributed by atoms with Crippen LogP contribution in [0.4, 0.5) is 5.69 Å². The van der Waals surface area contributed by atoms with Crippen LogP contribution in [0.1, 0.15) is 15.4 Å². The average molecular weight is 372 g/mol. The molecule has 128 valence electrons. The molecule has 0 aliphatic carbocycles. The summed E-state index contributed by atoms with van der Waals surface area (Å²) in [5, 5.41) is 5.79. The summed E-state index contributed by atoms with van der Waals surface area (Å²) < 4.78 is 22.9. The summed E-state index contributed by atoms with van der Waals surface area (Å²) in [4.78, 5) is 16.9. The Balaban J connectivity index is 1.72. The first kappa shape index (κ1) is 17.3. The molecule has 0 unspecified atom stereocenters. The van der Waals surface area contributed by atoms with Crippen molar-refractivity contribution in [2.45, 2.75) is 11.8 Å². The van der Waals surface area contributed by atoms with Crippen molar-refractivity contribution in [2.24, 2.45) is 0 Å². The minimum Gasteiger partial charge on any atom is -0.322 e. The van der Waals surface area contributed by atoms with Crippen molar-refractivity contribution >= 4 is 32.8 Å². The van der Waals surface area contributed by atoms with Gasteiger partial charge in [-0.1, -0.05) is 12.1 Å². The van der Waals surface area contributed by atoms with Gasteiger partial charge in [0.1, 0.15) is 0 Å². The molecule has 0 aliphatic heterocycles. The highest BCUT2D eigenvalue weighted by molar-refractivity contribution is 7.90. The van der Waals surface area contributed by atoms with E-state index in [-0.39, 0.29) is 10.8 Å². The molecule has 0 spiro atoms. The second-order valence-corrected chi connectivity index (χ2v) is 8.66. The molecular formula is C18H16N2O3S2. The molecule has 7 heteroatoms. The van der Waals surface area contributed by atoms with E-state index >= 15 is 0 Å². The van der Waals surface area contributed by atoms with Crippen LogP contribution in [0.3, 0.4) is 0 Å². The van der Waals surface area contributed by atoms with E-state index in [2.05, 4.69) is 10.3 Å².